The summed E-state index contributed by atoms with van der Waals surface area (Å²) in [5, 5.41) is 8.20. The second-order valence-corrected chi connectivity index (χ2v) is 5.18. The number of likely N-dealkylation sites (N-methyl/N-ethyl adjacent to an activating group) is 1. The van der Waals surface area contributed by atoms with Crippen LogP contribution in [0.25, 0.3) is 0 Å². The summed E-state index contributed by atoms with van der Waals surface area (Å²) in [5.41, 5.74) is 1.89. The molecule has 0 radical (unpaired) electrons. The fraction of sp³-hybridized carbons (Fsp3) is 0.400. The molecule has 1 unspecified atom stereocenters. The highest BCUT2D eigenvalue weighted by molar-refractivity contribution is 6.31. The SMILES string of the molecule is CCCn1ncc(Cl)c1C(Cc1cccc(F)c1)NC. The highest BCUT2D eigenvalue weighted by atomic mass is 35.5. The van der Waals surface area contributed by atoms with Crippen LogP contribution in [0.3, 0.4) is 0 Å². The van der Waals surface area contributed by atoms with Crippen molar-refractivity contribution in [2.45, 2.75) is 32.4 Å². The second-order valence-electron chi connectivity index (χ2n) is 4.78. The Balaban J connectivity index is 2.26. The van der Waals surface area contributed by atoms with Crippen molar-refractivity contribution in [3.63, 3.8) is 0 Å². The minimum atomic E-state index is -0.217. The molecule has 0 fully saturated rings. The lowest BCUT2D eigenvalue weighted by molar-refractivity contribution is 0.496. The average Bonchev–Trinajstić information content (AvgIpc) is 2.78. The number of hydrogen-bond donors (Lipinski definition) is 1. The number of benzene rings is 1. The lowest BCUT2D eigenvalue weighted by Gasteiger charge is -2.18. The molecule has 1 aromatic heterocycles. The molecule has 1 heterocycles. The summed E-state index contributed by atoms with van der Waals surface area (Å²) in [6, 6.07) is 6.66. The van der Waals surface area contributed by atoms with E-state index in [1.807, 2.05) is 17.8 Å². The van der Waals surface area contributed by atoms with Crippen LogP contribution in [-0.2, 0) is 13.0 Å². The Hall–Kier alpha value is -1.39. The number of aromatic nitrogens is 2. The number of aryl methyl sites for hydroxylation is 1. The van der Waals surface area contributed by atoms with E-state index >= 15 is 0 Å². The molecule has 20 heavy (non-hydrogen) atoms. The van der Waals surface area contributed by atoms with Gasteiger partial charge in [-0.15, -0.1) is 0 Å². The van der Waals surface area contributed by atoms with Gasteiger partial charge in [0.05, 0.1) is 23.0 Å². The molecule has 0 aliphatic heterocycles. The molecule has 1 aromatic carbocycles. The van der Waals surface area contributed by atoms with Gasteiger partial charge in [-0.2, -0.15) is 5.10 Å². The van der Waals surface area contributed by atoms with Crippen LogP contribution in [0.15, 0.2) is 30.5 Å². The van der Waals surface area contributed by atoms with Crippen LogP contribution in [0.5, 0.6) is 0 Å². The molecule has 0 aliphatic carbocycles. The van der Waals surface area contributed by atoms with E-state index < -0.39 is 0 Å². The van der Waals surface area contributed by atoms with Crippen LogP contribution in [-0.4, -0.2) is 16.8 Å². The maximum absolute atomic E-state index is 13.3. The monoisotopic (exact) mass is 295 g/mol. The number of hydrogen-bond acceptors (Lipinski definition) is 2. The first-order valence-corrected chi connectivity index (χ1v) is 7.16. The van der Waals surface area contributed by atoms with Gasteiger partial charge in [0.25, 0.3) is 0 Å². The first kappa shape index (κ1) is 15.0. The van der Waals surface area contributed by atoms with E-state index in [0.717, 1.165) is 24.2 Å². The maximum atomic E-state index is 13.3. The van der Waals surface area contributed by atoms with Crippen molar-refractivity contribution < 1.29 is 4.39 Å². The summed E-state index contributed by atoms with van der Waals surface area (Å²) >= 11 is 6.25. The van der Waals surface area contributed by atoms with E-state index in [1.54, 1.807) is 18.3 Å². The third-order valence-corrected chi connectivity index (χ3v) is 3.57. The predicted octanol–water partition coefficient (Wildman–Crippen LogP) is 3.59. The van der Waals surface area contributed by atoms with Gasteiger partial charge in [0.2, 0.25) is 0 Å². The lowest BCUT2D eigenvalue weighted by atomic mass is 10.0. The van der Waals surface area contributed by atoms with Gasteiger partial charge in [-0.25, -0.2) is 4.39 Å². The van der Waals surface area contributed by atoms with Crippen molar-refractivity contribution in [2.24, 2.45) is 0 Å². The molecule has 0 aliphatic rings. The zero-order valence-electron chi connectivity index (χ0n) is 11.7. The van der Waals surface area contributed by atoms with Gasteiger partial charge in [0.15, 0.2) is 0 Å². The Labute approximate surface area is 123 Å². The summed E-state index contributed by atoms with van der Waals surface area (Å²) in [6.45, 7) is 2.92. The van der Waals surface area contributed by atoms with Crippen LogP contribution in [0, 0.1) is 5.82 Å². The molecule has 0 spiro atoms. The molecule has 2 aromatic rings. The molecule has 3 nitrogen and oxygen atoms in total. The summed E-state index contributed by atoms with van der Waals surface area (Å²) < 4.78 is 15.2. The second kappa shape index (κ2) is 6.86. The zero-order valence-corrected chi connectivity index (χ0v) is 12.5. The Bertz CT molecular complexity index is 568. The Morgan fingerprint density at radius 1 is 1.45 bits per heavy atom. The van der Waals surface area contributed by atoms with Gasteiger partial charge in [-0.3, -0.25) is 4.68 Å². The number of rotatable bonds is 6. The first-order chi connectivity index (χ1) is 9.65. The van der Waals surface area contributed by atoms with Gasteiger partial charge < -0.3 is 5.32 Å². The lowest BCUT2D eigenvalue weighted by Crippen LogP contribution is -2.23. The maximum Gasteiger partial charge on any atom is 0.123 e. The normalized spacial score (nSPS) is 12.6. The van der Waals surface area contributed by atoms with E-state index in [9.17, 15) is 4.39 Å². The Morgan fingerprint density at radius 2 is 2.25 bits per heavy atom. The Morgan fingerprint density at radius 3 is 2.90 bits per heavy atom. The van der Waals surface area contributed by atoms with Crippen LogP contribution in [0.2, 0.25) is 5.02 Å². The molecule has 0 saturated carbocycles. The third-order valence-electron chi connectivity index (χ3n) is 3.28. The largest absolute Gasteiger partial charge is 0.311 e. The summed E-state index contributed by atoms with van der Waals surface area (Å²) in [6.07, 6.45) is 3.33. The van der Waals surface area contributed by atoms with Gasteiger partial charge in [0, 0.05) is 6.54 Å². The number of nitrogens with one attached hydrogen (secondary N) is 1. The van der Waals surface area contributed by atoms with Gasteiger partial charge >= 0.3 is 0 Å². The van der Waals surface area contributed by atoms with Gasteiger partial charge in [-0.1, -0.05) is 30.7 Å². The number of nitrogens with zero attached hydrogens (tertiary/aromatic N) is 2. The van der Waals surface area contributed by atoms with Gasteiger partial charge in [-0.05, 0) is 37.6 Å². The molecule has 0 amide bonds. The van der Waals surface area contributed by atoms with E-state index in [4.69, 9.17) is 11.6 Å². The number of halogens is 2. The third kappa shape index (κ3) is 3.38. The molecule has 2 rings (SSSR count). The highest BCUT2D eigenvalue weighted by Crippen LogP contribution is 2.26. The highest BCUT2D eigenvalue weighted by Gasteiger charge is 2.19. The van der Waals surface area contributed by atoms with Crippen molar-refractivity contribution in [1.82, 2.24) is 15.1 Å². The van der Waals surface area contributed by atoms with Crippen molar-refractivity contribution in [3.8, 4) is 0 Å². The standard InChI is InChI=1S/C15H19ClFN3/c1-3-7-20-15(13(16)10-19-20)14(18-2)9-11-5-4-6-12(17)8-11/h4-6,8,10,14,18H,3,7,9H2,1-2H3. The fourth-order valence-electron chi connectivity index (χ4n) is 2.34. The van der Waals surface area contributed by atoms with Crippen LogP contribution >= 0.6 is 11.6 Å². The molecule has 108 valence electrons. The predicted molar refractivity (Wildman–Crippen MR) is 79.4 cm³/mol. The molecular formula is C15H19ClFN3. The van der Waals surface area contributed by atoms with E-state index in [1.165, 1.54) is 6.07 Å². The molecule has 0 saturated heterocycles. The van der Waals surface area contributed by atoms with Gasteiger partial charge in [0.1, 0.15) is 5.82 Å². The van der Waals surface area contributed by atoms with Crippen molar-refractivity contribution in [2.75, 3.05) is 7.05 Å². The van der Waals surface area contributed by atoms with E-state index in [2.05, 4.69) is 17.3 Å². The van der Waals surface area contributed by atoms with Crippen molar-refractivity contribution in [1.29, 1.82) is 0 Å². The van der Waals surface area contributed by atoms with Crippen LogP contribution < -0.4 is 5.32 Å². The molecule has 0 bridgehead atoms. The summed E-state index contributed by atoms with van der Waals surface area (Å²) in [7, 11) is 1.88. The smallest absolute Gasteiger partial charge is 0.123 e. The van der Waals surface area contributed by atoms with Crippen LogP contribution in [0.1, 0.15) is 30.6 Å². The first-order valence-electron chi connectivity index (χ1n) is 6.78. The van der Waals surface area contributed by atoms with Crippen LogP contribution in [0.4, 0.5) is 4.39 Å². The minimum absolute atomic E-state index is 0.0124. The quantitative estimate of drug-likeness (QED) is 0.882. The topological polar surface area (TPSA) is 29.9 Å². The molecule has 1 atom stereocenters. The average molecular weight is 296 g/mol. The minimum Gasteiger partial charge on any atom is -0.311 e. The van der Waals surface area contributed by atoms with Crippen molar-refractivity contribution in [3.05, 3.63) is 52.6 Å². The fourth-order valence-corrected chi connectivity index (χ4v) is 2.62. The van der Waals surface area contributed by atoms with Crippen molar-refractivity contribution >= 4 is 11.6 Å². The zero-order chi connectivity index (χ0) is 14.5. The van der Waals surface area contributed by atoms with E-state index in [0.29, 0.717) is 11.4 Å². The Kier molecular flexibility index (Phi) is 5.15. The summed E-state index contributed by atoms with van der Waals surface area (Å²) in [4.78, 5) is 0. The molecule has 1 N–H and O–H groups in total. The van der Waals surface area contributed by atoms with E-state index in [-0.39, 0.29) is 11.9 Å². The molecule has 5 heteroatoms. The molecular weight excluding hydrogens is 277 g/mol. The summed E-state index contributed by atoms with van der Waals surface area (Å²) in [5.74, 6) is -0.217.